The highest BCUT2D eigenvalue weighted by molar-refractivity contribution is 7.16. The molecule has 4 aromatic rings. The summed E-state index contributed by atoms with van der Waals surface area (Å²) in [7, 11) is 0. The number of nitrogens with zero attached hydrogens (tertiary/aromatic N) is 3. The standard InChI is InChI=1S/C16H14N4O3S/c1-16(2,3)13-19-20-10(7-21)12(18-14(20)24-13)8-4-5-9-11(6-8)23-15(22)17-9/h4-7H,1-3H3,(H,17,22). The lowest BCUT2D eigenvalue weighted by atomic mass is 9.98. The van der Waals surface area contributed by atoms with Gasteiger partial charge in [0.2, 0.25) is 4.96 Å². The van der Waals surface area contributed by atoms with E-state index in [-0.39, 0.29) is 5.41 Å². The van der Waals surface area contributed by atoms with Crippen LogP contribution in [0, 0.1) is 0 Å². The number of aromatic amines is 1. The average Bonchev–Trinajstić information content (AvgIpc) is 3.15. The summed E-state index contributed by atoms with van der Waals surface area (Å²) in [4.78, 5) is 30.7. The Morgan fingerprint density at radius 2 is 2.12 bits per heavy atom. The summed E-state index contributed by atoms with van der Waals surface area (Å²) in [6.45, 7) is 6.19. The number of aldehydes is 1. The smallest absolute Gasteiger partial charge is 0.408 e. The van der Waals surface area contributed by atoms with Gasteiger partial charge in [0, 0.05) is 11.0 Å². The number of fused-ring (bicyclic) bond motifs is 2. The molecule has 7 nitrogen and oxygen atoms in total. The molecule has 0 atom stereocenters. The Kier molecular flexibility index (Phi) is 3.01. The van der Waals surface area contributed by atoms with Crippen molar-refractivity contribution in [3.05, 3.63) is 39.5 Å². The highest BCUT2D eigenvalue weighted by Gasteiger charge is 2.23. The molecule has 8 heteroatoms. The number of oxazole rings is 1. The Hall–Kier alpha value is -2.74. The minimum absolute atomic E-state index is 0.112. The summed E-state index contributed by atoms with van der Waals surface area (Å²) in [6, 6.07) is 5.21. The molecule has 1 N–H and O–H groups in total. The summed E-state index contributed by atoms with van der Waals surface area (Å²) in [5.74, 6) is -0.514. The summed E-state index contributed by atoms with van der Waals surface area (Å²) >= 11 is 1.46. The van der Waals surface area contributed by atoms with Gasteiger partial charge in [-0.25, -0.2) is 9.78 Å². The van der Waals surface area contributed by atoms with Gasteiger partial charge in [-0.05, 0) is 12.1 Å². The van der Waals surface area contributed by atoms with Crippen LogP contribution in [0.3, 0.4) is 0 Å². The second-order valence-electron chi connectivity index (χ2n) is 6.54. The van der Waals surface area contributed by atoms with E-state index in [2.05, 4.69) is 35.8 Å². The fourth-order valence-electron chi connectivity index (χ4n) is 2.48. The molecule has 3 aromatic heterocycles. The Morgan fingerprint density at radius 3 is 2.83 bits per heavy atom. The minimum Gasteiger partial charge on any atom is -0.408 e. The predicted molar refractivity (Wildman–Crippen MR) is 90.8 cm³/mol. The number of imidazole rings is 1. The molecule has 0 aliphatic carbocycles. The lowest BCUT2D eigenvalue weighted by Crippen LogP contribution is -2.11. The number of aromatic nitrogens is 4. The van der Waals surface area contributed by atoms with E-state index in [9.17, 15) is 9.59 Å². The Balaban J connectivity index is 1.93. The van der Waals surface area contributed by atoms with Gasteiger partial charge in [-0.3, -0.25) is 9.78 Å². The molecule has 4 rings (SSSR count). The van der Waals surface area contributed by atoms with E-state index in [1.807, 2.05) is 0 Å². The number of carbonyl (C=O) groups excluding carboxylic acids is 1. The molecule has 0 unspecified atom stereocenters. The topological polar surface area (TPSA) is 93.3 Å². The highest BCUT2D eigenvalue weighted by Crippen LogP contribution is 2.31. The van der Waals surface area contributed by atoms with Crippen LogP contribution in [0.25, 0.3) is 27.3 Å². The predicted octanol–water partition coefficient (Wildman–Crippen LogP) is 3.00. The zero-order valence-electron chi connectivity index (χ0n) is 13.3. The van der Waals surface area contributed by atoms with Crippen molar-refractivity contribution < 1.29 is 9.21 Å². The van der Waals surface area contributed by atoms with Crippen molar-refractivity contribution in [3.8, 4) is 11.3 Å². The molecule has 0 aliphatic rings. The van der Waals surface area contributed by atoms with Crippen LogP contribution in [0.5, 0.6) is 0 Å². The SMILES string of the molecule is CC(C)(C)c1nn2c(C=O)c(-c3ccc4[nH]c(=O)oc4c3)nc2s1. The zero-order valence-corrected chi connectivity index (χ0v) is 14.1. The van der Waals surface area contributed by atoms with Gasteiger partial charge in [-0.1, -0.05) is 38.2 Å². The summed E-state index contributed by atoms with van der Waals surface area (Å²) < 4.78 is 6.65. The van der Waals surface area contributed by atoms with E-state index in [4.69, 9.17) is 4.42 Å². The van der Waals surface area contributed by atoms with Gasteiger partial charge in [0.25, 0.3) is 0 Å². The number of rotatable bonds is 2. The lowest BCUT2D eigenvalue weighted by molar-refractivity contribution is 0.111. The number of carbonyl (C=O) groups is 1. The Morgan fingerprint density at radius 1 is 1.33 bits per heavy atom. The van der Waals surface area contributed by atoms with Gasteiger partial charge in [-0.15, -0.1) is 0 Å². The lowest BCUT2D eigenvalue weighted by Gasteiger charge is -2.12. The Labute approximate surface area is 139 Å². The van der Waals surface area contributed by atoms with E-state index >= 15 is 0 Å². The van der Waals surface area contributed by atoms with Crippen molar-refractivity contribution in [1.29, 1.82) is 0 Å². The van der Waals surface area contributed by atoms with E-state index in [1.54, 1.807) is 22.7 Å². The van der Waals surface area contributed by atoms with Crippen LogP contribution in [-0.2, 0) is 5.41 Å². The minimum atomic E-state index is -0.514. The van der Waals surface area contributed by atoms with Crippen LogP contribution in [-0.4, -0.2) is 25.9 Å². The van der Waals surface area contributed by atoms with Crippen molar-refractivity contribution in [3.63, 3.8) is 0 Å². The molecule has 0 radical (unpaired) electrons. The van der Waals surface area contributed by atoms with Crippen LogP contribution < -0.4 is 5.76 Å². The third kappa shape index (κ3) is 2.18. The first kappa shape index (κ1) is 14.8. The maximum absolute atomic E-state index is 11.6. The first-order valence-electron chi connectivity index (χ1n) is 7.35. The molecule has 0 amide bonds. The van der Waals surface area contributed by atoms with Crippen LogP contribution in [0.2, 0.25) is 0 Å². The number of H-pyrrole nitrogens is 1. The van der Waals surface area contributed by atoms with Gasteiger partial charge < -0.3 is 4.42 Å². The van der Waals surface area contributed by atoms with E-state index in [0.29, 0.717) is 33.0 Å². The maximum Gasteiger partial charge on any atom is 0.417 e. The third-order valence-electron chi connectivity index (χ3n) is 3.69. The van der Waals surface area contributed by atoms with E-state index in [1.165, 1.54) is 11.3 Å². The maximum atomic E-state index is 11.6. The van der Waals surface area contributed by atoms with Crippen molar-refractivity contribution in [2.45, 2.75) is 26.2 Å². The third-order valence-corrected chi connectivity index (χ3v) is 5.02. The monoisotopic (exact) mass is 342 g/mol. The van der Waals surface area contributed by atoms with Gasteiger partial charge in [-0.2, -0.15) is 9.61 Å². The van der Waals surface area contributed by atoms with Crippen LogP contribution >= 0.6 is 11.3 Å². The van der Waals surface area contributed by atoms with Gasteiger partial charge >= 0.3 is 5.76 Å². The Bertz CT molecular complexity index is 1140. The highest BCUT2D eigenvalue weighted by atomic mass is 32.1. The molecule has 0 fully saturated rings. The number of nitrogens with one attached hydrogen (secondary N) is 1. The molecule has 1 aromatic carbocycles. The molecule has 0 aliphatic heterocycles. The van der Waals surface area contributed by atoms with Crippen LogP contribution in [0.15, 0.2) is 27.4 Å². The van der Waals surface area contributed by atoms with E-state index in [0.717, 1.165) is 11.3 Å². The van der Waals surface area contributed by atoms with Crippen LogP contribution in [0.1, 0.15) is 36.3 Å². The van der Waals surface area contributed by atoms with Gasteiger partial charge in [0.05, 0.1) is 5.52 Å². The molecule has 122 valence electrons. The largest absolute Gasteiger partial charge is 0.417 e. The molecular formula is C16H14N4O3S. The van der Waals surface area contributed by atoms with Gasteiger partial charge in [0.1, 0.15) is 16.4 Å². The number of hydrogen-bond donors (Lipinski definition) is 1. The second kappa shape index (κ2) is 4.88. The summed E-state index contributed by atoms with van der Waals surface area (Å²) in [5.41, 5.74) is 2.52. The molecule has 0 spiro atoms. The van der Waals surface area contributed by atoms with Crippen molar-refractivity contribution in [2.24, 2.45) is 0 Å². The van der Waals surface area contributed by atoms with Crippen molar-refractivity contribution in [1.82, 2.24) is 19.6 Å². The summed E-state index contributed by atoms with van der Waals surface area (Å²) in [6.07, 6.45) is 0.749. The van der Waals surface area contributed by atoms with E-state index < -0.39 is 5.76 Å². The molecule has 0 saturated carbocycles. The normalized spacial score (nSPS) is 12.3. The quantitative estimate of drug-likeness (QED) is 0.565. The van der Waals surface area contributed by atoms with Crippen molar-refractivity contribution >= 4 is 33.7 Å². The zero-order chi connectivity index (χ0) is 17.1. The molecule has 0 bridgehead atoms. The molecule has 24 heavy (non-hydrogen) atoms. The van der Waals surface area contributed by atoms with Crippen molar-refractivity contribution in [2.75, 3.05) is 0 Å². The average molecular weight is 342 g/mol. The number of hydrogen-bond acceptors (Lipinski definition) is 6. The molecule has 3 heterocycles. The molecular weight excluding hydrogens is 328 g/mol. The number of benzene rings is 1. The van der Waals surface area contributed by atoms with Crippen LogP contribution in [0.4, 0.5) is 0 Å². The summed E-state index contributed by atoms with van der Waals surface area (Å²) in [5, 5.41) is 5.44. The second-order valence-corrected chi connectivity index (χ2v) is 7.50. The first-order chi connectivity index (χ1) is 11.4. The van der Waals surface area contributed by atoms with Gasteiger partial charge in [0.15, 0.2) is 11.9 Å². The fourth-order valence-corrected chi connectivity index (χ4v) is 3.44. The molecule has 0 saturated heterocycles. The fraction of sp³-hybridized carbons (Fsp3) is 0.250. The first-order valence-corrected chi connectivity index (χ1v) is 8.17.